The number of rotatable bonds is 20. The van der Waals surface area contributed by atoms with E-state index in [0.29, 0.717) is 6.42 Å². The van der Waals surface area contributed by atoms with Crippen molar-refractivity contribution < 1.29 is 47.6 Å². The fraction of sp³-hybridized carbons (Fsp3) is 1.00. The maximum atomic E-state index is 10.8. The number of aliphatic hydroxyl groups is 1. The zero-order chi connectivity index (χ0) is 20.4. The van der Waals surface area contributed by atoms with Crippen LogP contribution in [0.2, 0.25) is 0 Å². The molecule has 0 aliphatic rings. The van der Waals surface area contributed by atoms with Gasteiger partial charge in [0.15, 0.2) is 0 Å². The predicted molar refractivity (Wildman–Crippen MR) is 114 cm³/mol. The van der Waals surface area contributed by atoms with Crippen LogP contribution in [0.4, 0.5) is 0 Å². The second-order valence-electron chi connectivity index (χ2n) is 8.27. The van der Waals surface area contributed by atoms with Crippen LogP contribution in [0.1, 0.15) is 129 Å². The van der Waals surface area contributed by atoms with Crippen LogP contribution in [-0.2, 0) is 10.1 Å². The van der Waals surface area contributed by atoms with Crippen LogP contribution in [-0.4, -0.2) is 29.4 Å². The molecule has 0 saturated carbocycles. The third kappa shape index (κ3) is 21.6. The van der Waals surface area contributed by atoms with E-state index in [1.165, 1.54) is 77.6 Å². The molecule has 0 aromatic heterocycles. The molecule has 0 aromatic rings. The molecule has 0 radical (unpaired) electrons. The van der Waals surface area contributed by atoms with Gasteiger partial charge in [0.05, 0.1) is 16.2 Å². The summed E-state index contributed by atoms with van der Waals surface area (Å²) in [5, 5.41) is 9.28. The molecule has 2 atom stereocenters. The quantitative estimate of drug-likeness (QED) is 0.183. The van der Waals surface area contributed by atoms with Gasteiger partial charge in [0.25, 0.3) is 0 Å². The van der Waals surface area contributed by atoms with Crippen molar-refractivity contribution in [3.8, 4) is 0 Å². The van der Waals surface area contributed by atoms with Crippen LogP contribution in [0, 0.1) is 0 Å². The van der Waals surface area contributed by atoms with E-state index in [-0.39, 0.29) is 35.7 Å². The zero-order valence-corrected chi connectivity index (χ0v) is 21.8. The van der Waals surface area contributed by atoms with Crippen molar-refractivity contribution in [2.45, 2.75) is 141 Å². The first-order valence-corrected chi connectivity index (χ1v) is 13.0. The molecule has 2 unspecified atom stereocenters. The molecule has 0 aliphatic heterocycles. The van der Waals surface area contributed by atoms with Gasteiger partial charge in [-0.1, -0.05) is 103 Å². The first-order chi connectivity index (χ1) is 12.9. The maximum Gasteiger partial charge on any atom is 1.00 e. The normalized spacial score (nSPS) is 13.9. The molecular formula is C22H45NaO4S. The van der Waals surface area contributed by atoms with Crippen molar-refractivity contribution in [2.75, 3.05) is 0 Å². The Morgan fingerprint density at radius 3 is 1.36 bits per heavy atom. The van der Waals surface area contributed by atoms with Crippen LogP contribution < -0.4 is 29.6 Å². The van der Waals surface area contributed by atoms with Crippen LogP contribution in [0.15, 0.2) is 0 Å². The Hall–Kier alpha value is 0.870. The summed E-state index contributed by atoms with van der Waals surface area (Å²) in [5.41, 5.74) is 0. The maximum absolute atomic E-state index is 10.8. The topological polar surface area (TPSA) is 77.4 Å². The first kappa shape index (κ1) is 31.1. The summed E-state index contributed by atoms with van der Waals surface area (Å²) in [7, 11) is -4.10. The summed E-state index contributed by atoms with van der Waals surface area (Å²) in [5.74, 6) is 0. The van der Waals surface area contributed by atoms with Gasteiger partial charge in [-0.25, -0.2) is 8.42 Å². The minimum Gasteiger partial charge on any atom is -0.748 e. The molecule has 28 heavy (non-hydrogen) atoms. The van der Waals surface area contributed by atoms with Crippen molar-refractivity contribution in [3.05, 3.63) is 0 Å². The van der Waals surface area contributed by atoms with E-state index in [9.17, 15) is 18.1 Å². The smallest absolute Gasteiger partial charge is 0.748 e. The molecule has 0 heterocycles. The molecule has 6 heteroatoms. The molecule has 0 aliphatic carbocycles. The van der Waals surface area contributed by atoms with Gasteiger partial charge in [0, 0.05) is 5.25 Å². The summed E-state index contributed by atoms with van der Waals surface area (Å²) in [6.45, 7) is 3.75. The van der Waals surface area contributed by atoms with Gasteiger partial charge in [0.1, 0.15) is 0 Å². The molecule has 4 nitrogen and oxygen atoms in total. The van der Waals surface area contributed by atoms with E-state index >= 15 is 0 Å². The molecule has 0 rings (SSSR count). The van der Waals surface area contributed by atoms with Crippen LogP contribution in [0.3, 0.4) is 0 Å². The van der Waals surface area contributed by atoms with Crippen molar-refractivity contribution in [2.24, 2.45) is 0 Å². The van der Waals surface area contributed by atoms with Crippen LogP contribution in [0.5, 0.6) is 0 Å². The van der Waals surface area contributed by atoms with E-state index in [1.807, 2.05) is 0 Å². The summed E-state index contributed by atoms with van der Waals surface area (Å²) >= 11 is 0. The molecule has 164 valence electrons. The predicted octanol–water partition coefficient (Wildman–Crippen LogP) is 3.33. The average Bonchev–Trinajstić information content (AvgIpc) is 2.61. The van der Waals surface area contributed by atoms with Crippen molar-refractivity contribution in [1.82, 2.24) is 0 Å². The summed E-state index contributed by atoms with van der Waals surface area (Å²) < 4.78 is 32.4. The van der Waals surface area contributed by atoms with Gasteiger partial charge in [-0.05, 0) is 26.2 Å². The van der Waals surface area contributed by atoms with Gasteiger partial charge >= 0.3 is 29.6 Å². The minimum absolute atomic E-state index is 0. The first-order valence-electron chi connectivity index (χ1n) is 11.5. The Kier molecular flexibility index (Phi) is 23.4. The SMILES string of the molecule is CCCCCCCCCC(O)CCCCCCCCCCC(C)S(=O)(=O)[O-].[Na+]. The van der Waals surface area contributed by atoms with Crippen molar-refractivity contribution >= 4 is 10.1 Å². The second-order valence-corrected chi connectivity index (χ2v) is 10.1. The van der Waals surface area contributed by atoms with Gasteiger partial charge < -0.3 is 9.66 Å². The fourth-order valence-electron chi connectivity index (χ4n) is 3.50. The molecule has 0 fully saturated rings. The molecule has 0 amide bonds. The summed E-state index contributed by atoms with van der Waals surface area (Å²) in [4.78, 5) is 0. The second kappa shape index (κ2) is 21.1. The Morgan fingerprint density at radius 1 is 0.679 bits per heavy atom. The Bertz CT molecular complexity index is 415. The Morgan fingerprint density at radius 2 is 1.00 bits per heavy atom. The van der Waals surface area contributed by atoms with Gasteiger partial charge in [-0.3, -0.25) is 0 Å². The molecular weight excluding hydrogens is 383 g/mol. The minimum atomic E-state index is -4.10. The fourth-order valence-corrected chi connectivity index (χ4v) is 3.95. The van der Waals surface area contributed by atoms with E-state index in [2.05, 4.69) is 6.92 Å². The number of aliphatic hydroxyl groups excluding tert-OH is 1. The zero-order valence-electron chi connectivity index (χ0n) is 19.0. The molecule has 1 N–H and O–H groups in total. The Labute approximate surface area is 197 Å². The molecule has 0 bridgehead atoms. The molecule has 0 saturated heterocycles. The van der Waals surface area contributed by atoms with Crippen molar-refractivity contribution in [1.29, 1.82) is 0 Å². The van der Waals surface area contributed by atoms with Crippen LogP contribution in [0.25, 0.3) is 0 Å². The van der Waals surface area contributed by atoms with Crippen molar-refractivity contribution in [3.63, 3.8) is 0 Å². The number of hydrogen-bond acceptors (Lipinski definition) is 4. The summed E-state index contributed by atoms with van der Waals surface area (Å²) in [6.07, 6.45) is 20.3. The molecule has 0 spiro atoms. The van der Waals surface area contributed by atoms with E-state index < -0.39 is 15.4 Å². The van der Waals surface area contributed by atoms with E-state index in [1.54, 1.807) is 0 Å². The third-order valence-corrected chi connectivity index (χ3v) is 6.75. The summed E-state index contributed by atoms with van der Waals surface area (Å²) in [6, 6.07) is 0. The third-order valence-electron chi connectivity index (χ3n) is 5.53. The van der Waals surface area contributed by atoms with E-state index in [4.69, 9.17) is 0 Å². The Balaban J connectivity index is 0. The van der Waals surface area contributed by atoms with Crippen LogP contribution >= 0.6 is 0 Å². The van der Waals surface area contributed by atoms with Gasteiger partial charge in [-0.15, -0.1) is 0 Å². The number of hydrogen-bond donors (Lipinski definition) is 1. The largest absolute Gasteiger partial charge is 1.00 e. The standard InChI is InChI=1S/C22H46O4S.Na/c1-3-4-5-6-9-13-16-19-22(23)20-17-14-11-8-7-10-12-15-18-21(2)27(24,25)26;/h21-23H,3-20H2,1-2H3,(H,24,25,26);/q;+1/p-1. The monoisotopic (exact) mass is 428 g/mol. The van der Waals surface area contributed by atoms with E-state index in [0.717, 1.165) is 38.5 Å². The van der Waals surface area contributed by atoms with Gasteiger partial charge in [0.2, 0.25) is 0 Å². The van der Waals surface area contributed by atoms with Gasteiger partial charge in [-0.2, -0.15) is 0 Å². The average molecular weight is 429 g/mol. The molecule has 0 aromatic carbocycles. The number of unbranched alkanes of at least 4 members (excludes halogenated alkanes) is 13.